The van der Waals surface area contributed by atoms with Crippen LogP contribution in [0.3, 0.4) is 0 Å². The van der Waals surface area contributed by atoms with Crippen LogP contribution in [-0.2, 0) is 11.2 Å². The van der Waals surface area contributed by atoms with Crippen LogP contribution in [-0.4, -0.2) is 33.4 Å². The molecule has 3 aliphatic carbocycles. The first-order valence-electron chi connectivity index (χ1n) is 13.5. The molecule has 184 valence electrons. The van der Waals surface area contributed by atoms with E-state index in [1.165, 1.54) is 50.5 Å². The molecule has 0 amide bonds. The van der Waals surface area contributed by atoms with Crippen LogP contribution in [0.1, 0.15) is 96.5 Å². The van der Waals surface area contributed by atoms with E-state index in [4.69, 9.17) is 16.2 Å². The van der Waals surface area contributed by atoms with Crippen LogP contribution in [0.15, 0.2) is 18.3 Å². The van der Waals surface area contributed by atoms with E-state index >= 15 is 0 Å². The fraction of sp³-hybridized carbons (Fsp3) is 0.821. The van der Waals surface area contributed by atoms with Gasteiger partial charge in [-0.05, 0) is 113 Å². The zero-order valence-corrected chi connectivity index (χ0v) is 20.8. The quantitative estimate of drug-likeness (QED) is 0.561. The van der Waals surface area contributed by atoms with Crippen molar-refractivity contribution in [1.29, 1.82) is 0 Å². The Hall–Kier alpha value is -1.17. The molecular weight excluding hydrogens is 410 g/mol. The highest BCUT2D eigenvalue weighted by atomic mass is 16.5. The summed E-state index contributed by atoms with van der Waals surface area (Å²) >= 11 is 0. The molecule has 2 aliphatic heterocycles. The van der Waals surface area contributed by atoms with Crippen LogP contribution >= 0.6 is 0 Å². The van der Waals surface area contributed by atoms with Crippen molar-refractivity contribution >= 4 is 5.82 Å². The Balaban J connectivity index is 1.43. The number of nitrogens with two attached hydrogens (primary N) is 2. The van der Waals surface area contributed by atoms with E-state index in [-0.39, 0.29) is 23.3 Å². The second kappa shape index (κ2) is 8.49. The van der Waals surface area contributed by atoms with Crippen LogP contribution in [0.5, 0.6) is 0 Å². The summed E-state index contributed by atoms with van der Waals surface area (Å²) in [6.45, 7) is 4.78. The van der Waals surface area contributed by atoms with Crippen molar-refractivity contribution in [2.24, 2.45) is 28.9 Å². The fourth-order valence-electron chi connectivity index (χ4n) is 9.04. The lowest BCUT2D eigenvalue weighted by molar-refractivity contribution is -0.290. The molecule has 6 rings (SSSR count). The van der Waals surface area contributed by atoms with Gasteiger partial charge in [-0.1, -0.05) is 18.9 Å². The minimum absolute atomic E-state index is 0.115. The van der Waals surface area contributed by atoms with Gasteiger partial charge in [0.05, 0.1) is 11.2 Å². The van der Waals surface area contributed by atoms with E-state index in [1.54, 1.807) is 0 Å². The van der Waals surface area contributed by atoms with Gasteiger partial charge in [-0.15, -0.1) is 0 Å². The van der Waals surface area contributed by atoms with Crippen LogP contribution in [0, 0.1) is 23.2 Å². The highest BCUT2D eigenvalue weighted by Crippen LogP contribution is 2.63. The number of nitrogen functional groups attached to an aromatic ring is 1. The second-order valence-corrected chi connectivity index (χ2v) is 12.8. The summed E-state index contributed by atoms with van der Waals surface area (Å²) in [5.74, 6) is 2.20. The lowest BCUT2D eigenvalue weighted by Gasteiger charge is -2.66. The third-order valence-corrected chi connectivity index (χ3v) is 10.1. The van der Waals surface area contributed by atoms with E-state index < -0.39 is 0 Å². The maximum absolute atomic E-state index is 9.56. The summed E-state index contributed by atoms with van der Waals surface area (Å²) in [5.41, 5.74) is 14.3. The highest BCUT2D eigenvalue weighted by Gasteiger charge is 2.64. The van der Waals surface area contributed by atoms with Crippen LogP contribution in [0.4, 0.5) is 5.82 Å². The number of pyridine rings is 1. The van der Waals surface area contributed by atoms with E-state index in [9.17, 15) is 5.11 Å². The zero-order chi connectivity index (χ0) is 23.3. The minimum atomic E-state index is -0.223. The van der Waals surface area contributed by atoms with Crippen molar-refractivity contribution in [2.75, 3.05) is 12.3 Å². The van der Waals surface area contributed by atoms with Gasteiger partial charge in [-0.25, -0.2) is 4.98 Å². The third kappa shape index (κ3) is 4.34. The van der Waals surface area contributed by atoms with Crippen molar-refractivity contribution in [3.8, 4) is 0 Å². The molecule has 5 fully saturated rings. The number of aromatic nitrogens is 1. The zero-order valence-electron chi connectivity index (χ0n) is 20.8. The lowest BCUT2D eigenvalue weighted by atomic mass is 9.51. The minimum Gasteiger partial charge on any atom is -0.396 e. The van der Waals surface area contributed by atoms with Gasteiger partial charge in [0.25, 0.3) is 0 Å². The monoisotopic (exact) mass is 455 g/mol. The SMILES string of the molecule is CC1(C)O[C@@]2([C@H]3C[C@H](Cc4ccc(N)nc4)CC4(CCCC4)C3)CC[C@@H]1[C@](N)(CCCO)C2. The van der Waals surface area contributed by atoms with Gasteiger partial charge in [0.15, 0.2) is 0 Å². The number of aliphatic hydroxyl groups excluding tert-OH is 1. The van der Waals surface area contributed by atoms with Gasteiger partial charge in [0.2, 0.25) is 0 Å². The smallest absolute Gasteiger partial charge is 0.123 e. The molecule has 5 atom stereocenters. The molecule has 2 saturated heterocycles. The van der Waals surface area contributed by atoms with Crippen LogP contribution in [0.25, 0.3) is 0 Å². The number of anilines is 1. The molecule has 3 saturated carbocycles. The van der Waals surface area contributed by atoms with Gasteiger partial charge >= 0.3 is 0 Å². The number of fused-ring (bicyclic) bond motifs is 3. The van der Waals surface area contributed by atoms with Gasteiger partial charge in [0.1, 0.15) is 5.82 Å². The van der Waals surface area contributed by atoms with Crippen molar-refractivity contribution in [3.63, 3.8) is 0 Å². The van der Waals surface area contributed by atoms with Crippen LogP contribution in [0.2, 0.25) is 0 Å². The molecule has 1 aromatic rings. The first-order valence-corrected chi connectivity index (χ1v) is 13.5. The summed E-state index contributed by atoms with van der Waals surface area (Å²) in [4.78, 5) is 4.36. The van der Waals surface area contributed by atoms with Gasteiger partial charge in [-0.2, -0.15) is 0 Å². The molecule has 5 aliphatic rings. The molecule has 3 heterocycles. The molecule has 5 heteroatoms. The maximum Gasteiger partial charge on any atom is 0.123 e. The predicted octanol–water partition coefficient (Wildman–Crippen LogP) is 5.00. The first-order chi connectivity index (χ1) is 15.7. The largest absolute Gasteiger partial charge is 0.396 e. The summed E-state index contributed by atoms with van der Waals surface area (Å²) in [6.07, 6.45) is 17.4. The number of rotatable bonds is 6. The molecular formula is C28H45N3O2. The number of aliphatic hydroxyl groups is 1. The van der Waals surface area contributed by atoms with E-state index in [0.29, 0.717) is 29.0 Å². The number of hydrogen-bond donors (Lipinski definition) is 3. The van der Waals surface area contributed by atoms with E-state index in [2.05, 4.69) is 24.9 Å². The molecule has 1 aromatic heterocycles. The average molecular weight is 456 g/mol. The molecule has 2 bridgehead atoms. The van der Waals surface area contributed by atoms with Crippen molar-refractivity contribution < 1.29 is 9.84 Å². The number of nitrogens with zero attached hydrogens (tertiary/aromatic N) is 1. The van der Waals surface area contributed by atoms with Crippen molar-refractivity contribution in [2.45, 2.75) is 114 Å². The molecule has 1 spiro atoms. The van der Waals surface area contributed by atoms with Crippen molar-refractivity contribution in [3.05, 3.63) is 23.9 Å². The van der Waals surface area contributed by atoms with Crippen LogP contribution < -0.4 is 11.5 Å². The third-order valence-electron chi connectivity index (χ3n) is 10.1. The summed E-state index contributed by atoms with van der Waals surface area (Å²) in [6, 6.07) is 4.11. The number of hydrogen-bond acceptors (Lipinski definition) is 5. The Morgan fingerprint density at radius 2 is 1.94 bits per heavy atom. The predicted molar refractivity (Wildman–Crippen MR) is 133 cm³/mol. The van der Waals surface area contributed by atoms with Gasteiger partial charge in [-0.3, -0.25) is 0 Å². The van der Waals surface area contributed by atoms with Gasteiger partial charge < -0.3 is 21.3 Å². The fourth-order valence-corrected chi connectivity index (χ4v) is 9.04. The summed E-state index contributed by atoms with van der Waals surface area (Å²) < 4.78 is 7.12. The van der Waals surface area contributed by atoms with Gasteiger partial charge in [0, 0.05) is 24.3 Å². The molecule has 5 nitrogen and oxygen atoms in total. The Labute approximate surface area is 200 Å². The van der Waals surface area contributed by atoms with E-state index in [1.807, 2.05) is 12.3 Å². The molecule has 0 radical (unpaired) electrons. The number of ether oxygens (including phenoxy) is 1. The Morgan fingerprint density at radius 3 is 2.61 bits per heavy atom. The summed E-state index contributed by atoms with van der Waals surface area (Å²) in [5, 5.41) is 9.56. The Bertz CT molecular complexity index is 834. The molecule has 0 unspecified atom stereocenters. The second-order valence-electron chi connectivity index (χ2n) is 12.8. The standard InChI is InChI=1S/C28H45N3O2/c1-25(2)23-8-12-28(33-25,19-27(23,30)11-5-13-32)22-15-21(14-20-6-7-24(29)31-18-20)16-26(17-22)9-3-4-10-26/h6-7,18,21-23,32H,3-5,8-17,19,30H2,1-2H3,(H2,29,31)/t21-,22-,23-,27-,28-/m0/s1. The Morgan fingerprint density at radius 1 is 1.15 bits per heavy atom. The summed E-state index contributed by atoms with van der Waals surface area (Å²) in [7, 11) is 0. The topological polar surface area (TPSA) is 94.4 Å². The maximum atomic E-state index is 9.56. The molecule has 5 N–H and O–H groups in total. The highest BCUT2D eigenvalue weighted by molar-refractivity contribution is 5.29. The normalized spacial score (nSPS) is 39.2. The molecule has 0 aromatic carbocycles. The van der Waals surface area contributed by atoms with Crippen molar-refractivity contribution in [1.82, 2.24) is 4.98 Å². The Kier molecular flexibility index (Phi) is 6.07. The van der Waals surface area contributed by atoms with E-state index in [0.717, 1.165) is 38.5 Å². The molecule has 33 heavy (non-hydrogen) atoms. The lowest BCUT2D eigenvalue weighted by Crippen LogP contribution is -2.72. The first kappa shape index (κ1) is 23.6. The average Bonchev–Trinajstić information content (AvgIpc) is 3.20.